The van der Waals surface area contributed by atoms with Crippen LogP contribution >= 0.6 is 11.8 Å². The predicted molar refractivity (Wildman–Crippen MR) is 131 cm³/mol. The quantitative estimate of drug-likeness (QED) is 0.572. The van der Waals surface area contributed by atoms with Gasteiger partial charge in [-0.3, -0.25) is 14.7 Å². The molecule has 5 nitrogen and oxygen atoms in total. The number of benzene rings is 1. The maximum atomic E-state index is 13.6. The van der Waals surface area contributed by atoms with E-state index in [0.29, 0.717) is 6.04 Å². The first-order valence-corrected chi connectivity index (χ1v) is 12.8. The van der Waals surface area contributed by atoms with Crippen molar-refractivity contribution in [2.75, 3.05) is 0 Å². The number of carbonyl (C=O) groups is 1. The van der Waals surface area contributed by atoms with Gasteiger partial charge in [-0.25, -0.2) is 0 Å². The summed E-state index contributed by atoms with van der Waals surface area (Å²) in [7, 11) is 0. The van der Waals surface area contributed by atoms with Crippen LogP contribution < -0.4 is 0 Å². The Balaban J connectivity index is 1.46. The van der Waals surface area contributed by atoms with E-state index in [1.807, 2.05) is 46.0 Å². The minimum atomic E-state index is 0.106. The third-order valence-corrected chi connectivity index (χ3v) is 7.83. The molecular formula is C26H31N3O2S. The second-order valence-electron chi connectivity index (χ2n) is 9.10. The molecular weight excluding hydrogens is 418 g/mol. The van der Waals surface area contributed by atoms with E-state index in [2.05, 4.69) is 0 Å². The summed E-state index contributed by atoms with van der Waals surface area (Å²) in [6.45, 7) is 0. The van der Waals surface area contributed by atoms with Gasteiger partial charge in [-0.05, 0) is 79.9 Å². The highest BCUT2D eigenvalue weighted by molar-refractivity contribution is 8.18. The van der Waals surface area contributed by atoms with Gasteiger partial charge in [0.15, 0.2) is 5.17 Å². The normalized spacial score (nSPS) is 23.5. The third-order valence-electron chi connectivity index (χ3n) is 6.83. The molecule has 1 N–H and O–H groups in total. The fraction of sp³-hybridized carbons (Fsp3) is 0.462. The molecule has 1 aliphatic heterocycles. The fourth-order valence-corrected chi connectivity index (χ4v) is 6.19. The summed E-state index contributed by atoms with van der Waals surface area (Å²) in [5, 5.41) is 10.5. The number of carbonyl (C=O) groups excluding carboxylic acids is 1. The van der Waals surface area contributed by atoms with Gasteiger partial charge >= 0.3 is 0 Å². The summed E-state index contributed by atoms with van der Waals surface area (Å²) in [4.78, 5) is 21.5. The lowest BCUT2D eigenvalue weighted by Gasteiger charge is -2.31. The fourth-order valence-electron chi connectivity index (χ4n) is 5.10. The summed E-state index contributed by atoms with van der Waals surface area (Å²) < 4.78 is 2.04. The Labute approximate surface area is 194 Å². The zero-order chi connectivity index (χ0) is 21.9. The van der Waals surface area contributed by atoms with E-state index in [9.17, 15) is 9.90 Å². The van der Waals surface area contributed by atoms with Gasteiger partial charge in [-0.15, -0.1) is 0 Å². The van der Waals surface area contributed by atoms with Crippen LogP contribution in [0.2, 0.25) is 0 Å². The van der Waals surface area contributed by atoms with Crippen LogP contribution in [0.3, 0.4) is 0 Å². The van der Waals surface area contributed by atoms with Crippen molar-refractivity contribution < 1.29 is 9.90 Å². The lowest BCUT2D eigenvalue weighted by Crippen LogP contribution is -2.41. The first kappa shape index (κ1) is 21.4. The van der Waals surface area contributed by atoms with Crippen molar-refractivity contribution in [3.8, 4) is 11.4 Å². The number of hydrogen-bond donors (Lipinski definition) is 1. The molecule has 2 heterocycles. The molecule has 2 aliphatic carbocycles. The number of aromatic hydroxyl groups is 1. The van der Waals surface area contributed by atoms with Crippen molar-refractivity contribution in [3.63, 3.8) is 0 Å². The van der Waals surface area contributed by atoms with Gasteiger partial charge in [0, 0.05) is 23.6 Å². The van der Waals surface area contributed by atoms with Crippen LogP contribution in [-0.2, 0) is 4.79 Å². The number of phenolic OH excluding ortho intramolecular Hbond substituents is 1. The summed E-state index contributed by atoms with van der Waals surface area (Å²) in [6.07, 6.45) is 15.9. The van der Waals surface area contributed by atoms with E-state index in [-0.39, 0.29) is 17.7 Å². The first-order chi connectivity index (χ1) is 15.7. The average Bonchev–Trinajstić information content (AvgIpc) is 3.40. The number of phenols is 1. The molecule has 2 saturated carbocycles. The minimum Gasteiger partial charge on any atom is -0.508 e. The topological polar surface area (TPSA) is 57.8 Å². The highest BCUT2D eigenvalue weighted by Crippen LogP contribution is 2.38. The van der Waals surface area contributed by atoms with Crippen LogP contribution in [0.4, 0.5) is 0 Å². The molecule has 3 aliphatic rings. The Bertz CT molecular complexity index is 1010. The number of hydrogen-bond acceptors (Lipinski definition) is 4. The molecule has 1 aromatic heterocycles. The van der Waals surface area contributed by atoms with Gasteiger partial charge < -0.3 is 9.67 Å². The largest absolute Gasteiger partial charge is 0.508 e. The smallest absolute Gasteiger partial charge is 0.267 e. The molecule has 32 heavy (non-hydrogen) atoms. The molecule has 2 aromatic rings. The highest BCUT2D eigenvalue weighted by Gasteiger charge is 2.39. The molecule has 6 heteroatoms. The number of rotatable bonds is 4. The van der Waals surface area contributed by atoms with E-state index >= 15 is 0 Å². The van der Waals surface area contributed by atoms with Crippen LogP contribution in [0.25, 0.3) is 11.8 Å². The first-order valence-electron chi connectivity index (χ1n) is 12.0. The molecule has 0 atom stereocenters. The SMILES string of the molecule is O=C1/C(=C/c2cccn2-c2ccc(O)cc2)SC(=NC2CCCCC2)N1C1CCCCC1. The highest BCUT2D eigenvalue weighted by atomic mass is 32.2. The number of aliphatic imine (C=N–C) groups is 1. The molecule has 3 fully saturated rings. The van der Waals surface area contributed by atoms with Crippen molar-refractivity contribution in [1.29, 1.82) is 0 Å². The summed E-state index contributed by atoms with van der Waals surface area (Å²) >= 11 is 1.55. The Kier molecular flexibility index (Phi) is 6.39. The second-order valence-corrected chi connectivity index (χ2v) is 10.1. The van der Waals surface area contributed by atoms with Crippen LogP contribution in [-0.4, -0.2) is 37.7 Å². The van der Waals surface area contributed by atoms with Gasteiger partial charge in [0.25, 0.3) is 5.91 Å². The molecule has 168 valence electrons. The zero-order valence-corrected chi connectivity index (χ0v) is 19.3. The van der Waals surface area contributed by atoms with Crippen LogP contribution in [0.5, 0.6) is 5.75 Å². The van der Waals surface area contributed by atoms with E-state index in [0.717, 1.165) is 47.1 Å². The summed E-state index contributed by atoms with van der Waals surface area (Å²) in [5.74, 6) is 0.351. The Hall–Kier alpha value is -2.47. The van der Waals surface area contributed by atoms with Crippen molar-refractivity contribution >= 4 is 28.9 Å². The second kappa shape index (κ2) is 9.57. The van der Waals surface area contributed by atoms with Gasteiger partial charge in [0.05, 0.1) is 10.9 Å². The van der Waals surface area contributed by atoms with Crippen molar-refractivity contribution in [3.05, 3.63) is 53.2 Å². The zero-order valence-electron chi connectivity index (χ0n) is 18.4. The maximum absolute atomic E-state index is 13.6. The van der Waals surface area contributed by atoms with Gasteiger partial charge in [-0.2, -0.15) is 0 Å². The Morgan fingerprint density at radius 1 is 0.938 bits per heavy atom. The lowest BCUT2D eigenvalue weighted by atomic mass is 9.94. The predicted octanol–water partition coefficient (Wildman–Crippen LogP) is 6.12. The maximum Gasteiger partial charge on any atom is 0.267 e. The minimum absolute atomic E-state index is 0.106. The van der Waals surface area contributed by atoms with Gasteiger partial charge in [0.1, 0.15) is 5.75 Å². The van der Waals surface area contributed by atoms with Gasteiger partial charge in [-0.1, -0.05) is 38.5 Å². The molecule has 1 aromatic carbocycles. The Morgan fingerprint density at radius 3 is 2.34 bits per heavy atom. The lowest BCUT2D eigenvalue weighted by molar-refractivity contribution is -0.124. The van der Waals surface area contributed by atoms with E-state index in [1.165, 1.54) is 38.5 Å². The molecule has 5 rings (SSSR count). The number of thioether (sulfide) groups is 1. The van der Waals surface area contributed by atoms with Gasteiger partial charge in [0.2, 0.25) is 0 Å². The number of aromatic nitrogens is 1. The molecule has 1 saturated heterocycles. The average molecular weight is 450 g/mol. The molecule has 1 amide bonds. The van der Waals surface area contributed by atoms with Crippen molar-refractivity contribution in [2.24, 2.45) is 4.99 Å². The molecule has 0 unspecified atom stereocenters. The van der Waals surface area contributed by atoms with Crippen molar-refractivity contribution in [1.82, 2.24) is 9.47 Å². The number of amidine groups is 1. The standard InChI is InChI=1S/C26H31N3O2S/c30-23-15-13-20(14-16-23)28-17-7-12-22(28)18-24-25(31)29(21-10-5-2-6-11-21)26(32-24)27-19-8-3-1-4-9-19/h7,12-19,21,30H,1-6,8-11H2/b24-18-,27-26?. The summed E-state index contributed by atoms with van der Waals surface area (Å²) in [5.41, 5.74) is 1.91. The van der Waals surface area contributed by atoms with Crippen LogP contribution in [0.1, 0.15) is 69.9 Å². The molecule has 0 bridgehead atoms. The summed E-state index contributed by atoms with van der Waals surface area (Å²) in [6, 6.07) is 11.8. The number of amides is 1. The Morgan fingerprint density at radius 2 is 1.62 bits per heavy atom. The van der Waals surface area contributed by atoms with E-state index in [1.54, 1.807) is 23.9 Å². The van der Waals surface area contributed by atoms with E-state index in [4.69, 9.17) is 4.99 Å². The van der Waals surface area contributed by atoms with Crippen molar-refractivity contribution in [2.45, 2.75) is 76.3 Å². The number of nitrogens with zero attached hydrogens (tertiary/aromatic N) is 3. The molecule has 0 radical (unpaired) electrons. The third kappa shape index (κ3) is 4.51. The molecule has 0 spiro atoms. The monoisotopic (exact) mass is 449 g/mol. The van der Waals surface area contributed by atoms with Crippen LogP contribution in [0.15, 0.2) is 52.5 Å². The van der Waals surface area contributed by atoms with Crippen LogP contribution in [0, 0.1) is 0 Å². The van der Waals surface area contributed by atoms with E-state index < -0.39 is 0 Å².